The Hall–Kier alpha value is -0.360. The smallest absolute Gasteiger partial charge is 0.744 e. The first-order valence-corrected chi connectivity index (χ1v) is 17.3. The number of carbonyl (C=O) groups excluding carboxylic acids is 2. The zero-order valence-electron chi connectivity index (χ0n) is 27.8. The molecule has 0 aliphatic rings. The summed E-state index contributed by atoms with van der Waals surface area (Å²) in [6, 6.07) is 15.3. The van der Waals surface area contributed by atoms with Crippen molar-refractivity contribution in [1.29, 1.82) is 0 Å². The minimum Gasteiger partial charge on any atom is -0.744 e. The number of phenolic OH excluding ortho intramolecular Hbond substituents is 1. The molecule has 0 heterocycles. The minimum atomic E-state index is -5.08. The number of nitrogens with one attached hydrogen (secondary N) is 2. The molecule has 2 amide bonds. The number of rotatable bonds is 12. The van der Waals surface area contributed by atoms with E-state index in [0.29, 0.717) is 29.5 Å². The summed E-state index contributed by atoms with van der Waals surface area (Å²) < 4.78 is 78.3. The van der Waals surface area contributed by atoms with Crippen LogP contribution >= 0.6 is 24.1 Å². The standard InChI is InChI=1S/C28H20N2O15S4.4Na/c31-25-12-19(47-45-43-35)8-17-7-18(46-44-42-34)11-24(26(17)25)30-28(33)15-3-1-14(2-4-15)27(32)29-23-13-21(49(39,40)41)10-16-9-20(48(36,37)38)5-6-22(16)23;;;;/h1-13,31,34-35H,(H,29,32)(H,30,33)(H,36,37,38)(H,39,40,41);;;;/q;4*+1/p-4. The summed E-state index contributed by atoms with van der Waals surface area (Å²) in [6.07, 6.45) is 0. The minimum absolute atomic E-state index is 0. The number of benzene rings is 5. The normalized spacial score (nSPS) is 11.0. The van der Waals surface area contributed by atoms with Crippen molar-refractivity contribution in [1.82, 2.24) is 0 Å². The van der Waals surface area contributed by atoms with Crippen LogP contribution in [0.4, 0.5) is 11.4 Å². The predicted molar refractivity (Wildman–Crippen MR) is 164 cm³/mol. The van der Waals surface area contributed by atoms with E-state index in [0.717, 1.165) is 30.3 Å². The van der Waals surface area contributed by atoms with Crippen molar-refractivity contribution >= 4 is 89.1 Å². The Balaban J connectivity index is 0.00000351. The summed E-state index contributed by atoms with van der Waals surface area (Å²) >= 11 is 0.992. The molecule has 0 fully saturated rings. The molecule has 5 rings (SSSR count). The van der Waals surface area contributed by atoms with Crippen LogP contribution in [0.5, 0.6) is 5.75 Å². The van der Waals surface area contributed by atoms with Gasteiger partial charge in [-0.1, -0.05) is 6.07 Å². The van der Waals surface area contributed by atoms with E-state index in [-0.39, 0.29) is 172 Å². The summed E-state index contributed by atoms with van der Waals surface area (Å²) in [4.78, 5) is 25.4. The van der Waals surface area contributed by atoms with Crippen LogP contribution in [0.3, 0.4) is 0 Å². The Morgan fingerprint density at radius 3 is 1.57 bits per heavy atom. The van der Waals surface area contributed by atoms with Gasteiger partial charge in [0.25, 0.3) is 11.8 Å². The Morgan fingerprint density at radius 2 is 1.08 bits per heavy atom. The van der Waals surface area contributed by atoms with Crippen molar-refractivity contribution in [2.24, 2.45) is 0 Å². The van der Waals surface area contributed by atoms with Crippen molar-refractivity contribution < 1.29 is 188 Å². The van der Waals surface area contributed by atoms with Gasteiger partial charge in [0.15, 0.2) is 0 Å². The molecule has 53 heavy (non-hydrogen) atoms. The van der Waals surface area contributed by atoms with E-state index in [1.807, 2.05) is 0 Å². The molecule has 256 valence electrons. The molecule has 0 atom stereocenters. The van der Waals surface area contributed by atoms with Gasteiger partial charge >= 0.3 is 118 Å². The summed E-state index contributed by atoms with van der Waals surface area (Å²) in [5.41, 5.74) is -0.113. The third kappa shape index (κ3) is 13.1. The molecular weight excluding hydrogens is 825 g/mol. The van der Waals surface area contributed by atoms with Crippen molar-refractivity contribution in [2.75, 3.05) is 10.6 Å². The van der Waals surface area contributed by atoms with E-state index in [4.69, 9.17) is 0 Å². The maximum absolute atomic E-state index is 13.2. The monoisotopic (exact) mass is 840 g/mol. The fourth-order valence-electron chi connectivity index (χ4n) is 4.63. The molecule has 25 heteroatoms. The zero-order chi connectivity index (χ0) is 35.5. The van der Waals surface area contributed by atoms with Crippen LogP contribution in [-0.2, 0) is 39.0 Å². The second kappa shape index (κ2) is 22.0. The van der Waals surface area contributed by atoms with Gasteiger partial charge < -0.3 is 35.4 Å². The quantitative estimate of drug-likeness (QED) is 0.0346. The number of anilines is 2. The Kier molecular flexibility index (Phi) is 21.0. The number of aromatic hydroxyl groups is 1. The van der Waals surface area contributed by atoms with E-state index in [9.17, 15) is 51.2 Å². The first-order valence-electron chi connectivity index (χ1n) is 13.0. The molecule has 0 aromatic heterocycles. The van der Waals surface area contributed by atoms with Gasteiger partial charge in [-0.25, -0.2) is 16.8 Å². The third-order valence-electron chi connectivity index (χ3n) is 6.67. The molecule has 0 spiro atoms. The molecule has 0 aliphatic carbocycles. The van der Waals surface area contributed by atoms with Crippen LogP contribution in [0.25, 0.3) is 21.5 Å². The molecule has 0 aliphatic heterocycles. The molecule has 0 bridgehead atoms. The fourth-order valence-corrected chi connectivity index (χ4v) is 6.55. The number of carbonyl (C=O) groups is 2. The molecule has 17 nitrogen and oxygen atoms in total. The number of fused-ring (bicyclic) bond motifs is 2. The van der Waals surface area contributed by atoms with Gasteiger partial charge in [0.2, 0.25) is 0 Å². The van der Waals surface area contributed by atoms with E-state index in [2.05, 4.69) is 29.4 Å². The largest absolute Gasteiger partial charge is 1.00 e. The molecule has 0 unspecified atom stereocenters. The topological polar surface area (TPSA) is 276 Å². The van der Waals surface area contributed by atoms with Crippen LogP contribution in [0, 0.1) is 0 Å². The van der Waals surface area contributed by atoms with Gasteiger partial charge in [-0.05, 0) is 83.6 Å². The molecule has 0 saturated heterocycles. The zero-order valence-corrected chi connectivity index (χ0v) is 39.1. The number of phenols is 1. The molecule has 0 saturated carbocycles. The van der Waals surface area contributed by atoms with Crippen LogP contribution < -0.4 is 139 Å². The van der Waals surface area contributed by atoms with Gasteiger partial charge in [0.05, 0.1) is 45.3 Å². The first kappa shape index (κ1) is 50.7. The summed E-state index contributed by atoms with van der Waals surface area (Å²) in [5.74, 6) is -1.85. The number of hydrogen-bond donors (Lipinski definition) is 3. The van der Waals surface area contributed by atoms with Crippen molar-refractivity contribution in [3.8, 4) is 5.75 Å². The third-order valence-corrected chi connectivity index (χ3v) is 9.42. The Morgan fingerprint density at radius 1 is 0.604 bits per heavy atom. The fraction of sp³-hybridized carbons (Fsp3) is 0. The van der Waals surface area contributed by atoms with Gasteiger partial charge in [-0.2, -0.15) is 8.67 Å². The summed E-state index contributed by atoms with van der Waals surface area (Å²) in [5, 5.41) is 43.5. The van der Waals surface area contributed by atoms with Crippen molar-refractivity contribution in [2.45, 2.75) is 19.6 Å². The average molecular weight is 841 g/mol. The maximum Gasteiger partial charge on any atom is 1.00 e. The average Bonchev–Trinajstić information content (AvgIpc) is 3.05. The van der Waals surface area contributed by atoms with Gasteiger partial charge in [0, 0.05) is 31.7 Å². The van der Waals surface area contributed by atoms with Crippen LogP contribution in [-0.4, -0.2) is 42.9 Å². The van der Waals surface area contributed by atoms with Gasteiger partial charge in [-0.15, -0.1) is 0 Å². The predicted octanol–water partition coefficient (Wildman–Crippen LogP) is -9.51. The molecule has 0 radical (unpaired) electrons. The SMILES string of the molecule is O=C(Nc1cc(S(=O)(=O)[O-])cc2cc(S(=O)(=O)[O-])ccc12)c1ccc(C(=O)Nc2cc(SOO[O-])cc3cc(SOO[O-])cc(O)c23)cc1.[Na+].[Na+].[Na+].[Na+]. The van der Waals surface area contributed by atoms with E-state index in [1.165, 1.54) is 48.5 Å². The first-order chi connectivity index (χ1) is 23.2. The summed E-state index contributed by atoms with van der Waals surface area (Å²) in [6.45, 7) is 0. The van der Waals surface area contributed by atoms with E-state index >= 15 is 0 Å². The van der Waals surface area contributed by atoms with Gasteiger partial charge in [-0.3, -0.25) is 19.7 Å². The van der Waals surface area contributed by atoms with Crippen molar-refractivity contribution in [3.05, 3.63) is 90.0 Å². The van der Waals surface area contributed by atoms with Crippen LogP contribution in [0.1, 0.15) is 20.7 Å². The Labute approximate surface area is 397 Å². The Bertz CT molecular complexity index is 2330. The van der Waals surface area contributed by atoms with Gasteiger partial charge in [0.1, 0.15) is 26.0 Å². The van der Waals surface area contributed by atoms with Crippen LogP contribution in [0.2, 0.25) is 0 Å². The van der Waals surface area contributed by atoms with Crippen LogP contribution in [0.15, 0.2) is 98.4 Å². The molecule has 3 N–H and O–H groups in total. The van der Waals surface area contributed by atoms with E-state index < -0.39 is 41.8 Å². The molecule has 5 aromatic rings. The summed E-state index contributed by atoms with van der Waals surface area (Å²) in [7, 11) is -10.0. The van der Waals surface area contributed by atoms with Crippen molar-refractivity contribution in [3.63, 3.8) is 0 Å². The molecule has 5 aromatic carbocycles. The number of amides is 2. The second-order valence-corrected chi connectivity index (χ2v) is 14.0. The molecular formula is C28H16N2Na4O15S4. The van der Waals surface area contributed by atoms with E-state index in [1.54, 1.807) is 0 Å². The maximum atomic E-state index is 13.2. The second-order valence-electron chi connectivity index (χ2n) is 9.70. The number of hydrogen-bond acceptors (Lipinski definition) is 17.